The first-order valence-corrected chi connectivity index (χ1v) is 9.35. The Hall–Kier alpha value is -2.33. The number of nitrogens with zero attached hydrogens (tertiary/aromatic N) is 1. The van der Waals surface area contributed by atoms with Crippen molar-refractivity contribution >= 4 is 29.1 Å². The van der Waals surface area contributed by atoms with Crippen LogP contribution in [0.2, 0.25) is 5.02 Å². The number of hydrogen-bond donors (Lipinski definition) is 1. The molecule has 0 aromatic heterocycles. The van der Waals surface area contributed by atoms with Crippen LogP contribution in [0.5, 0.6) is 0 Å². The molecule has 0 radical (unpaired) electrons. The predicted octanol–water partition coefficient (Wildman–Crippen LogP) is 4.49. The maximum atomic E-state index is 12.9. The first kappa shape index (κ1) is 18.5. The van der Waals surface area contributed by atoms with Gasteiger partial charge in [-0.2, -0.15) is 0 Å². The van der Waals surface area contributed by atoms with E-state index in [2.05, 4.69) is 5.32 Å². The number of benzene rings is 2. The van der Waals surface area contributed by atoms with Crippen LogP contribution in [0.25, 0.3) is 0 Å². The molecule has 1 saturated carbocycles. The fourth-order valence-corrected chi connectivity index (χ4v) is 3.34. The lowest BCUT2D eigenvalue weighted by Gasteiger charge is -2.19. The molecule has 0 aliphatic heterocycles. The van der Waals surface area contributed by atoms with Crippen molar-refractivity contribution in [2.75, 3.05) is 18.4 Å². The number of nitrogens with one attached hydrogen (secondary N) is 1. The van der Waals surface area contributed by atoms with Gasteiger partial charge in [-0.3, -0.25) is 9.59 Å². The number of hydrogen-bond acceptors (Lipinski definition) is 2. The van der Waals surface area contributed by atoms with Gasteiger partial charge in [0.05, 0.1) is 5.41 Å². The average molecular weight is 371 g/mol. The van der Waals surface area contributed by atoms with Crippen molar-refractivity contribution in [2.45, 2.75) is 32.1 Å². The van der Waals surface area contributed by atoms with Crippen LogP contribution in [0.3, 0.4) is 0 Å². The maximum Gasteiger partial charge on any atom is 0.253 e. The van der Waals surface area contributed by atoms with Crippen LogP contribution in [0.15, 0.2) is 48.5 Å². The topological polar surface area (TPSA) is 49.4 Å². The molecule has 0 heterocycles. The second kappa shape index (κ2) is 7.50. The van der Waals surface area contributed by atoms with Crippen LogP contribution in [0.1, 0.15) is 42.6 Å². The highest BCUT2D eigenvalue weighted by Crippen LogP contribution is 2.49. The van der Waals surface area contributed by atoms with Gasteiger partial charge in [0.25, 0.3) is 5.91 Å². The van der Waals surface area contributed by atoms with Gasteiger partial charge >= 0.3 is 0 Å². The van der Waals surface area contributed by atoms with Crippen molar-refractivity contribution in [2.24, 2.45) is 0 Å². The third-order valence-electron chi connectivity index (χ3n) is 5.00. The molecule has 0 atom stereocenters. The van der Waals surface area contributed by atoms with E-state index < -0.39 is 5.41 Å². The summed E-state index contributed by atoms with van der Waals surface area (Å²) in [5.41, 5.74) is 1.73. The smallest absolute Gasteiger partial charge is 0.253 e. The van der Waals surface area contributed by atoms with Gasteiger partial charge < -0.3 is 10.2 Å². The first-order valence-electron chi connectivity index (χ1n) is 8.97. The highest BCUT2D eigenvalue weighted by Gasteiger charge is 2.51. The summed E-state index contributed by atoms with van der Waals surface area (Å²) in [5.74, 6) is -0.0582. The van der Waals surface area contributed by atoms with Gasteiger partial charge in [0.2, 0.25) is 5.91 Å². The van der Waals surface area contributed by atoms with Gasteiger partial charge in [-0.05, 0) is 62.6 Å². The van der Waals surface area contributed by atoms with E-state index in [0.29, 0.717) is 29.4 Å². The summed E-state index contributed by atoms with van der Waals surface area (Å²) in [4.78, 5) is 27.1. The lowest BCUT2D eigenvalue weighted by molar-refractivity contribution is -0.118. The Kier molecular flexibility index (Phi) is 5.33. The van der Waals surface area contributed by atoms with Crippen LogP contribution in [-0.2, 0) is 10.2 Å². The van der Waals surface area contributed by atoms with Crippen LogP contribution in [0, 0.1) is 0 Å². The molecule has 1 N–H and O–H groups in total. The van der Waals surface area contributed by atoms with E-state index in [1.807, 2.05) is 44.2 Å². The molecule has 1 aliphatic carbocycles. The second-order valence-corrected chi connectivity index (χ2v) is 7.04. The number of halogens is 1. The number of carbonyl (C=O) groups excluding carboxylic acids is 2. The zero-order valence-electron chi connectivity index (χ0n) is 15.1. The van der Waals surface area contributed by atoms with E-state index in [-0.39, 0.29) is 11.8 Å². The lowest BCUT2D eigenvalue weighted by Crippen LogP contribution is -2.31. The number of anilines is 1. The summed E-state index contributed by atoms with van der Waals surface area (Å²) in [6, 6.07) is 14.6. The summed E-state index contributed by atoms with van der Waals surface area (Å²) >= 11 is 5.95. The zero-order valence-corrected chi connectivity index (χ0v) is 15.8. The fourth-order valence-electron chi connectivity index (χ4n) is 3.21. The van der Waals surface area contributed by atoms with E-state index >= 15 is 0 Å². The standard InChI is InChI=1S/C21H23ClN2O2/c1-3-24(4-2)19(25)15-6-5-7-18(14-15)23-20(26)21(12-13-21)16-8-10-17(22)11-9-16/h5-11,14H,3-4,12-13H2,1-2H3,(H,23,26). The van der Waals surface area contributed by atoms with Crippen LogP contribution < -0.4 is 5.32 Å². The van der Waals surface area contributed by atoms with Gasteiger partial charge in [0.1, 0.15) is 0 Å². The van der Waals surface area contributed by atoms with Gasteiger partial charge in [-0.15, -0.1) is 0 Å². The minimum atomic E-state index is -0.483. The quantitative estimate of drug-likeness (QED) is 0.814. The van der Waals surface area contributed by atoms with Crippen molar-refractivity contribution in [3.8, 4) is 0 Å². The largest absolute Gasteiger partial charge is 0.339 e. The van der Waals surface area contributed by atoms with E-state index in [1.54, 1.807) is 23.1 Å². The van der Waals surface area contributed by atoms with Crippen LogP contribution >= 0.6 is 11.6 Å². The van der Waals surface area contributed by atoms with Gasteiger partial charge in [-0.1, -0.05) is 29.8 Å². The molecule has 136 valence electrons. The molecule has 3 rings (SSSR count). The Morgan fingerprint density at radius 1 is 1.08 bits per heavy atom. The van der Waals surface area contributed by atoms with Crippen molar-refractivity contribution in [3.05, 3.63) is 64.7 Å². The molecule has 1 fully saturated rings. The molecule has 5 heteroatoms. The predicted molar refractivity (Wildman–Crippen MR) is 105 cm³/mol. The summed E-state index contributed by atoms with van der Waals surface area (Å²) in [6.45, 7) is 5.23. The molecule has 0 spiro atoms. The third-order valence-corrected chi connectivity index (χ3v) is 5.25. The van der Waals surface area contributed by atoms with E-state index in [0.717, 1.165) is 18.4 Å². The molecule has 0 saturated heterocycles. The minimum Gasteiger partial charge on any atom is -0.339 e. The van der Waals surface area contributed by atoms with E-state index in [1.165, 1.54) is 0 Å². The maximum absolute atomic E-state index is 12.9. The molecular weight excluding hydrogens is 348 g/mol. The fraction of sp³-hybridized carbons (Fsp3) is 0.333. The van der Waals surface area contributed by atoms with Crippen molar-refractivity contribution in [1.29, 1.82) is 0 Å². The van der Waals surface area contributed by atoms with E-state index in [4.69, 9.17) is 11.6 Å². The van der Waals surface area contributed by atoms with Gasteiger partial charge in [-0.25, -0.2) is 0 Å². The highest BCUT2D eigenvalue weighted by molar-refractivity contribution is 6.30. The van der Waals surface area contributed by atoms with Gasteiger partial charge in [0, 0.05) is 29.4 Å². The minimum absolute atomic E-state index is 0.0232. The molecule has 26 heavy (non-hydrogen) atoms. The summed E-state index contributed by atoms with van der Waals surface area (Å²) in [5, 5.41) is 3.65. The van der Waals surface area contributed by atoms with Crippen molar-refractivity contribution < 1.29 is 9.59 Å². The summed E-state index contributed by atoms with van der Waals surface area (Å²) in [7, 11) is 0. The average Bonchev–Trinajstić information content (AvgIpc) is 3.45. The Balaban J connectivity index is 1.77. The molecule has 1 aliphatic rings. The first-order chi connectivity index (χ1) is 12.5. The monoisotopic (exact) mass is 370 g/mol. The number of rotatable bonds is 6. The van der Waals surface area contributed by atoms with Crippen molar-refractivity contribution in [3.63, 3.8) is 0 Å². The Bertz CT molecular complexity index is 809. The van der Waals surface area contributed by atoms with Gasteiger partial charge in [0.15, 0.2) is 0 Å². The molecule has 2 aromatic rings. The number of amides is 2. The molecule has 0 bridgehead atoms. The lowest BCUT2D eigenvalue weighted by atomic mass is 9.95. The molecule has 2 amide bonds. The Morgan fingerprint density at radius 3 is 2.31 bits per heavy atom. The van der Waals surface area contributed by atoms with Crippen molar-refractivity contribution in [1.82, 2.24) is 4.90 Å². The second-order valence-electron chi connectivity index (χ2n) is 6.60. The Morgan fingerprint density at radius 2 is 1.73 bits per heavy atom. The molecular formula is C21H23ClN2O2. The molecule has 4 nitrogen and oxygen atoms in total. The van der Waals surface area contributed by atoms with Crippen LogP contribution in [0.4, 0.5) is 5.69 Å². The summed E-state index contributed by atoms with van der Waals surface area (Å²) in [6.07, 6.45) is 1.64. The Labute approximate surface area is 159 Å². The molecule has 0 unspecified atom stereocenters. The summed E-state index contributed by atoms with van der Waals surface area (Å²) < 4.78 is 0. The zero-order chi connectivity index (χ0) is 18.7. The SMILES string of the molecule is CCN(CC)C(=O)c1cccc(NC(=O)C2(c3ccc(Cl)cc3)CC2)c1. The number of carbonyl (C=O) groups is 2. The van der Waals surface area contributed by atoms with Crippen LogP contribution in [-0.4, -0.2) is 29.8 Å². The molecule has 2 aromatic carbocycles. The third kappa shape index (κ3) is 3.61. The highest BCUT2D eigenvalue weighted by atomic mass is 35.5. The van der Waals surface area contributed by atoms with E-state index in [9.17, 15) is 9.59 Å². The normalized spacial score (nSPS) is 14.6.